The Morgan fingerprint density at radius 3 is 2.19 bits per heavy atom. The molecule has 5 rings (SSSR count). The van der Waals surface area contributed by atoms with Gasteiger partial charge in [0.1, 0.15) is 77.2 Å². The Labute approximate surface area is 238 Å². The first-order valence-corrected chi connectivity index (χ1v) is 13.1. The van der Waals surface area contributed by atoms with E-state index < -0.39 is 84.8 Å². The third-order valence-corrected chi connectivity index (χ3v) is 7.62. The molecule has 2 saturated heterocycles. The maximum Gasteiger partial charge on any atom is 0.197 e. The van der Waals surface area contributed by atoms with Crippen LogP contribution in [0, 0.1) is 0 Å². The van der Waals surface area contributed by atoms with Crippen molar-refractivity contribution in [3.63, 3.8) is 0 Å². The van der Waals surface area contributed by atoms with Crippen molar-refractivity contribution >= 4 is 11.0 Å². The molecule has 14 heteroatoms. The second kappa shape index (κ2) is 11.8. The van der Waals surface area contributed by atoms with Crippen LogP contribution in [0.4, 0.5) is 0 Å². The van der Waals surface area contributed by atoms with Gasteiger partial charge in [0.05, 0.1) is 25.4 Å². The number of benzene rings is 2. The molecule has 0 amide bonds. The van der Waals surface area contributed by atoms with E-state index in [4.69, 9.17) is 23.4 Å². The molecule has 8 N–H and O–H groups in total. The highest BCUT2D eigenvalue weighted by Gasteiger charge is 2.51. The summed E-state index contributed by atoms with van der Waals surface area (Å²) in [6.07, 6.45) is -15.9. The number of ether oxygens (including phenoxy) is 4. The van der Waals surface area contributed by atoms with Crippen molar-refractivity contribution in [2.75, 3.05) is 13.7 Å². The summed E-state index contributed by atoms with van der Waals surface area (Å²) < 4.78 is 28.4. The van der Waals surface area contributed by atoms with Crippen LogP contribution in [0.3, 0.4) is 0 Å². The van der Waals surface area contributed by atoms with Gasteiger partial charge in [-0.1, -0.05) is 0 Å². The third-order valence-electron chi connectivity index (χ3n) is 7.62. The van der Waals surface area contributed by atoms with Gasteiger partial charge in [0.2, 0.25) is 0 Å². The summed E-state index contributed by atoms with van der Waals surface area (Å²) in [4.78, 5) is 13.2. The van der Waals surface area contributed by atoms with Crippen molar-refractivity contribution in [1.29, 1.82) is 0 Å². The molecule has 2 aliphatic heterocycles. The van der Waals surface area contributed by atoms with Gasteiger partial charge in [-0.2, -0.15) is 0 Å². The normalized spacial score (nSPS) is 33.5. The monoisotopic (exact) mass is 592 g/mol. The van der Waals surface area contributed by atoms with Crippen LogP contribution >= 0.6 is 0 Å². The molecular formula is C28H32O14. The number of rotatable bonds is 6. The summed E-state index contributed by atoms with van der Waals surface area (Å²) in [5, 5.41) is 83.7. The van der Waals surface area contributed by atoms with Crippen LogP contribution in [0.25, 0.3) is 22.3 Å². The number of methoxy groups -OCH3 is 1. The van der Waals surface area contributed by atoms with Crippen LogP contribution in [-0.2, 0) is 14.2 Å². The highest BCUT2D eigenvalue weighted by molar-refractivity contribution is 5.89. The number of phenolic OH excluding ortho intramolecular Hbond substituents is 2. The molecule has 4 unspecified atom stereocenters. The Hall–Kier alpha value is -3.31. The zero-order valence-electron chi connectivity index (χ0n) is 22.5. The number of aliphatic hydroxyl groups excluding tert-OH is 6. The van der Waals surface area contributed by atoms with Crippen LogP contribution in [-0.4, -0.2) is 110 Å². The van der Waals surface area contributed by atoms with E-state index in [1.165, 1.54) is 14.0 Å². The molecule has 3 aromatic rings. The summed E-state index contributed by atoms with van der Waals surface area (Å²) in [5.41, 5.74) is -0.891. The lowest BCUT2D eigenvalue weighted by molar-refractivity contribution is -0.338. The van der Waals surface area contributed by atoms with Crippen LogP contribution in [0.15, 0.2) is 45.6 Å². The third kappa shape index (κ3) is 5.21. The Bertz CT molecular complexity index is 1470. The van der Waals surface area contributed by atoms with Gasteiger partial charge >= 0.3 is 0 Å². The minimum Gasteiger partial charge on any atom is -0.507 e. The van der Waals surface area contributed by atoms with Crippen LogP contribution in [0.2, 0.25) is 0 Å². The number of aromatic hydroxyl groups is 2. The molecule has 14 nitrogen and oxygen atoms in total. The summed E-state index contributed by atoms with van der Waals surface area (Å²) in [6, 6.07) is 8.47. The van der Waals surface area contributed by atoms with E-state index in [0.717, 1.165) is 12.1 Å². The molecule has 3 heterocycles. The predicted octanol–water partition coefficient (Wildman–Crippen LogP) is -0.754. The Balaban J connectivity index is 1.66. The molecule has 42 heavy (non-hydrogen) atoms. The van der Waals surface area contributed by atoms with E-state index >= 15 is 0 Å². The molecular weight excluding hydrogens is 560 g/mol. The maximum absolute atomic E-state index is 13.2. The molecule has 0 saturated carbocycles. The average molecular weight is 593 g/mol. The maximum atomic E-state index is 13.2. The summed E-state index contributed by atoms with van der Waals surface area (Å²) >= 11 is 0. The van der Waals surface area contributed by atoms with Gasteiger partial charge < -0.3 is 64.2 Å². The number of aliphatic hydroxyl groups is 6. The predicted molar refractivity (Wildman–Crippen MR) is 142 cm³/mol. The van der Waals surface area contributed by atoms with Gasteiger partial charge in [-0.15, -0.1) is 0 Å². The SMILES string of the molecule is COc1ccc(-c2cc(=O)c3c(O)cc(O)c([C@@H]4OC(CO)[C@@H](O)[C@H](O)C4O[C@@H]4OC(C)[C@H](O)[C@H](O)C4O)c3o2)cc1. The highest BCUT2D eigenvalue weighted by Crippen LogP contribution is 2.45. The first-order valence-electron chi connectivity index (χ1n) is 13.1. The van der Waals surface area contributed by atoms with Crippen molar-refractivity contribution in [1.82, 2.24) is 0 Å². The van der Waals surface area contributed by atoms with Crippen LogP contribution in [0.1, 0.15) is 18.6 Å². The highest BCUT2D eigenvalue weighted by atomic mass is 16.7. The fourth-order valence-electron chi connectivity index (χ4n) is 5.25. The van der Waals surface area contributed by atoms with Gasteiger partial charge in [-0.25, -0.2) is 0 Å². The van der Waals surface area contributed by atoms with Gasteiger partial charge in [-0.05, 0) is 31.2 Å². The lowest BCUT2D eigenvalue weighted by atomic mass is 9.89. The minimum absolute atomic E-state index is 0.0333. The van der Waals surface area contributed by atoms with Crippen molar-refractivity contribution in [3.8, 4) is 28.6 Å². The summed E-state index contributed by atoms with van der Waals surface area (Å²) in [5.74, 6) is -0.699. The Morgan fingerprint density at radius 1 is 0.857 bits per heavy atom. The van der Waals surface area contributed by atoms with Gasteiger partial charge in [0, 0.05) is 17.7 Å². The largest absolute Gasteiger partial charge is 0.507 e. The molecule has 2 aromatic carbocycles. The lowest BCUT2D eigenvalue weighted by Crippen LogP contribution is -2.61. The van der Waals surface area contributed by atoms with Crippen molar-refractivity contribution in [3.05, 3.63) is 52.2 Å². The zero-order valence-corrected chi connectivity index (χ0v) is 22.5. The quantitative estimate of drug-likeness (QED) is 0.176. The molecule has 0 spiro atoms. The summed E-state index contributed by atoms with van der Waals surface area (Å²) in [6.45, 7) is 0.635. The Morgan fingerprint density at radius 2 is 1.55 bits per heavy atom. The van der Waals surface area contributed by atoms with Crippen molar-refractivity contribution < 1.29 is 64.2 Å². The second-order valence-corrected chi connectivity index (χ2v) is 10.3. The van der Waals surface area contributed by atoms with E-state index in [9.17, 15) is 45.6 Å². The smallest absolute Gasteiger partial charge is 0.197 e. The number of fused-ring (bicyclic) bond motifs is 1. The van der Waals surface area contributed by atoms with Gasteiger partial charge in [0.25, 0.3) is 0 Å². The Kier molecular flexibility index (Phi) is 8.44. The first-order chi connectivity index (χ1) is 20.0. The number of hydrogen-bond donors (Lipinski definition) is 8. The van der Waals surface area contributed by atoms with Crippen molar-refractivity contribution in [2.24, 2.45) is 0 Å². The van der Waals surface area contributed by atoms with E-state index in [0.29, 0.717) is 11.3 Å². The zero-order chi connectivity index (χ0) is 30.5. The topological polar surface area (TPSA) is 229 Å². The van der Waals surface area contributed by atoms with Crippen molar-refractivity contribution in [2.45, 2.75) is 68.1 Å². The van der Waals surface area contributed by atoms with Gasteiger partial charge in [0.15, 0.2) is 17.3 Å². The molecule has 0 bridgehead atoms. The molecule has 10 atom stereocenters. The van der Waals surface area contributed by atoms with Crippen LogP contribution in [0.5, 0.6) is 17.2 Å². The minimum atomic E-state index is -1.84. The molecule has 0 radical (unpaired) electrons. The summed E-state index contributed by atoms with van der Waals surface area (Å²) in [7, 11) is 1.48. The number of phenols is 2. The molecule has 1 aromatic heterocycles. The van der Waals surface area contributed by atoms with Crippen LogP contribution < -0.4 is 10.2 Å². The van der Waals surface area contributed by atoms with Gasteiger partial charge in [-0.3, -0.25) is 4.79 Å². The standard InChI is InChI=1S/C28H32O14/c1-10-20(33)22(35)24(37)28(39-10)42-27-23(36)21(34)17(9-29)41-26(27)19-14(31)7-13(30)18-15(32)8-16(40-25(18)19)11-3-5-12(38-2)6-4-11/h3-8,10,17,20-24,26-31,33-37H,9H2,1-2H3/t10?,17?,20-,21+,22-,23-,24?,26-,27?,28-/m0/s1. The lowest BCUT2D eigenvalue weighted by Gasteiger charge is -2.46. The van der Waals surface area contributed by atoms with E-state index in [1.807, 2.05) is 0 Å². The molecule has 2 aliphatic rings. The van der Waals surface area contributed by atoms with E-state index in [1.54, 1.807) is 24.3 Å². The average Bonchev–Trinajstić information content (AvgIpc) is 2.97. The molecule has 2 fully saturated rings. The van der Waals surface area contributed by atoms with E-state index in [2.05, 4.69) is 0 Å². The molecule has 0 aliphatic carbocycles. The van der Waals surface area contributed by atoms with E-state index in [-0.39, 0.29) is 22.3 Å². The first kappa shape index (κ1) is 30.2. The molecule has 228 valence electrons. The second-order valence-electron chi connectivity index (χ2n) is 10.3. The fourth-order valence-corrected chi connectivity index (χ4v) is 5.25. The fraction of sp³-hybridized carbons (Fsp3) is 0.464. The number of hydrogen-bond acceptors (Lipinski definition) is 14.